The van der Waals surface area contributed by atoms with E-state index in [2.05, 4.69) is 32.1 Å². The average Bonchev–Trinajstić information content (AvgIpc) is 3.13. The fourth-order valence-electron chi connectivity index (χ4n) is 4.95. The van der Waals surface area contributed by atoms with Gasteiger partial charge in [-0.15, -0.1) is 0 Å². The standard InChI is InChI=1S/C29H33N7O2/c1-19-8-5-6-9-24(19)36-21(3)26(29(38)32-18-22-17-30-20(2)16-31-22)27(37)23-10-11-25(33-28(23)36)35-13-7-12-34(4)14-15-35/h5-6,8-11,16-17H,7,12-15,18H2,1-4H3,(H,32,38). The second-order valence-corrected chi connectivity index (χ2v) is 9.93. The van der Waals surface area contributed by atoms with Crippen LogP contribution in [-0.4, -0.2) is 63.6 Å². The second-order valence-electron chi connectivity index (χ2n) is 9.93. The van der Waals surface area contributed by atoms with Crippen molar-refractivity contribution in [3.63, 3.8) is 0 Å². The molecule has 0 atom stereocenters. The number of hydrogen-bond donors (Lipinski definition) is 1. The van der Waals surface area contributed by atoms with Crippen LogP contribution in [0.25, 0.3) is 16.7 Å². The maximum atomic E-state index is 13.7. The lowest BCUT2D eigenvalue weighted by atomic mass is 10.1. The molecule has 1 aromatic carbocycles. The molecular formula is C29H33N7O2. The first kappa shape index (κ1) is 25.5. The lowest BCUT2D eigenvalue weighted by molar-refractivity contribution is 0.0948. The fourth-order valence-corrected chi connectivity index (χ4v) is 4.95. The van der Waals surface area contributed by atoms with Gasteiger partial charge in [0.15, 0.2) is 5.65 Å². The van der Waals surface area contributed by atoms with Crippen LogP contribution in [0.15, 0.2) is 53.6 Å². The topological polar surface area (TPSA) is 96.3 Å². The Morgan fingerprint density at radius 3 is 2.55 bits per heavy atom. The average molecular weight is 512 g/mol. The maximum absolute atomic E-state index is 13.7. The number of amides is 1. The highest BCUT2D eigenvalue weighted by atomic mass is 16.2. The van der Waals surface area contributed by atoms with E-state index in [0.717, 1.165) is 55.4 Å². The van der Waals surface area contributed by atoms with Crippen molar-refractivity contribution in [2.24, 2.45) is 0 Å². The van der Waals surface area contributed by atoms with Gasteiger partial charge in [0.25, 0.3) is 5.91 Å². The molecule has 1 amide bonds. The van der Waals surface area contributed by atoms with Crippen LogP contribution in [0.4, 0.5) is 5.82 Å². The van der Waals surface area contributed by atoms with Crippen molar-refractivity contribution in [2.45, 2.75) is 33.7 Å². The third-order valence-electron chi connectivity index (χ3n) is 7.13. The Morgan fingerprint density at radius 1 is 0.974 bits per heavy atom. The van der Waals surface area contributed by atoms with Gasteiger partial charge in [-0.1, -0.05) is 18.2 Å². The molecule has 3 aromatic heterocycles. The number of benzene rings is 1. The first-order valence-electron chi connectivity index (χ1n) is 12.9. The molecule has 0 unspecified atom stereocenters. The number of hydrogen-bond acceptors (Lipinski definition) is 7. The fraction of sp³-hybridized carbons (Fsp3) is 0.345. The molecule has 9 nitrogen and oxygen atoms in total. The van der Waals surface area contributed by atoms with Gasteiger partial charge in [-0.05, 0) is 64.5 Å². The van der Waals surface area contributed by atoms with Gasteiger partial charge < -0.3 is 15.1 Å². The summed E-state index contributed by atoms with van der Waals surface area (Å²) in [6, 6.07) is 11.6. The summed E-state index contributed by atoms with van der Waals surface area (Å²) in [5.41, 5.74) is 4.19. The molecule has 1 aliphatic heterocycles. The molecule has 0 saturated carbocycles. The zero-order valence-corrected chi connectivity index (χ0v) is 22.4. The summed E-state index contributed by atoms with van der Waals surface area (Å²) in [6.45, 7) is 9.62. The summed E-state index contributed by atoms with van der Waals surface area (Å²) in [5.74, 6) is 0.392. The lowest BCUT2D eigenvalue weighted by Gasteiger charge is -2.24. The van der Waals surface area contributed by atoms with Gasteiger partial charge in [0.2, 0.25) is 5.43 Å². The molecule has 0 spiro atoms. The van der Waals surface area contributed by atoms with Crippen LogP contribution in [0.2, 0.25) is 0 Å². The molecule has 196 valence electrons. The third kappa shape index (κ3) is 5.02. The van der Waals surface area contributed by atoms with Crippen molar-refractivity contribution in [1.29, 1.82) is 0 Å². The second kappa shape index (κ2) is 10.7. The van der Waals surface area contributed by atoms with Gasteiger partial charge in [-0.25, -0.2) is 4.98 Å². The van der Waals surface area contributed by atoms with E-state index < -0.39 is 5.91 Å². The number of fused-ring (bicyclic) bond motifs is 1. The van der Waals surface area contributed by atoms with Gasteiger partial charge in [-0.3, -0.25) is 24.1 Å². The molecule has 0 aliphatic carbocycles. The molecule has 0 bridgehead atoms. The Hall–Kier alpha value is -4.11. The number of nitrogens with zero attached hydrogens (tertiary/aromatic N) is 6. The Morgan fingerprint density at radius 2 is 1.79 bits per heavy atom. The molecule has 5 rings (SSSR count). The van der Waals surface area contributed by atoms with Crippen molar-refractivity contribution in [3.8, 4) is 5.69 Å². The van der Waals surface area contributed by atoms with E-state index in [9.17, 15) is 9.59 Å². The van der Waals surface area contributed by atoms with E-state index in [4.69, 9.17) is 4.98 Å². The highest BCUT2D eigenvalue weighted by Crippen LogP contribution is 2.25. The Kier molecular flexibility index (Phi) is 7.20. The predicted molar refractivity (Wildman–Crippen MR) is 149 cm³/mol. The summed E-state index contributed by atoms with van der Waals surface area (Å²) in [5, 5.41) is 3.27. The van der Waals surface area contributed by atoms with Crippen LogP contribution < -0.4 is 15.6 Å². The van der Waals surface area contributed by atoms with Gasteiger partial charge in [0, 0.05) is 31.5 Å². The highest BCUT2D eigenvalue weighted by molar-refractivity contribution is 5.98. The third-order valence-corrected chi connectivity index (χ3v) is 7.13. The Bertz CT molecular complexity index is 1550. The van der Waals surface area contributed by atoms with Gasteiger partial charge in [0.05, 0.1) is 35.2 Å². The lowest BCUT2D eigenvalue weighted by Crippen LogP contribution is -2.32. The number of aromatic nitrogens is 4. The Balaban J connectivity index is 1.62. The molecule has 1 fully saturated rings. The van der Waals surface area contributed by atoms with Crippen molar-refractivity contribution >= 4 is 22.8 Å². The molecule has 1 N–H and O–H groups in total. The number of para-hydroxylation sites is 1. The van der Waals surface area contributed by atoms with Crippen molar-refractivity contribution in [3.05, 3.63) is 87.2 Å². The number of carbonyl (C=O) groups excluding carboxylic acids is 1. The van der Waals surface area contributed by atoms with Crippen molar-refractivity contribution in [2.75, 3.05) is 38.1 Å². The van der Waals surface area contributed by atoms with Crippen LogP contribution in [-0.2, 0) is 6.54 Å². The van der Waals surface area contributed by atoms with Crippen LogP contribution in [0, 0.1) is 20.8 Å². The van der Waals surface area contributed by atoms with E-state index in [1.54, 1.807) is 12.4 Å². The molecule has 0 radical (unpaired) electrons. The van der Waals surface area contributed by atoms with Gasteiger partial charge >= 0.3 is 0 Å². The summed E-state index contributed by atoms with van der Waals surface area (Å²) >= 11 is 0. The summed E-state index contributed by atoms with van der Waals surface area (Å²) in [6.07, 6.45) is 4.32. The number of aryl methyl sites for hydroxylation is 2. The monoisotopic (exact) mass is 511 g/mol. The molecule has 38 heavy (non-hydrogen) atoms. The van der Waals surface area contributed by atoms with Crippen molar-refractivity contribution in [1.82, 2.24) is 29.7 Å². The Labute approximate surface area is 222 Å². The van der Waals surface area contributed by atoms with Crippen LogP contribution in [0.5, 0.6) is 0 Å². The van der Waals surface area contributed by atoms with Gasteiger partial charge in [0.1, 0.15) is 11.4 Å². The normalized spacial score (nSPS) is 14.5. The predicted octanol–water partition coefficient (Wildman–Crippen LogP) is 3.17. The quantitative estimate of drug-likeness (QED) is 0.440. The number of nitrogens with one attached hydrogen (secondary N) is 1. The molecule has 1 saturated heterocycles. The molecule has 9 heteroatoms. The van der Waals surface area contributed by atoms with E-state index in [-0.39, 0.29) is 17.5 Å². The maximum Gasteiger partial charge on any atom is 0.257 e. The number of carbonyl (C=O) groups is 1. The first-order valence-corrected chi connectivity index (χ1v) is 12.9. The summed E-state index contributed by atoms with van der Waals surface area (Å²) in [7, 11) is 2.13. The van der Waals surface area contributed by atoms with Crippen LogP contribution >= 0.6 is 0 Å². The molecule has 4 aromatic rings. The minimum Gasteiger partial charge on any atom is -0.355 e. The number of anilines is 1. The molecule has 4 heterocycles. The number of rotatable bonds is 5. The molecular weight excluding hydrogens is 478 g/mol. The SMILES string of the molecule is Cc1cnc(CNC(=O)c2c(C)n(-c3ccccc3C)c3nc(N4CCCN(C)CC4)ccc3c2=O)cn1. The smallest absolute Gasteiger partial charge is 0.257 e. The number of likely N-dealkylation sites (N-methyl/N-ethyl adjacent to an activating group) is 1. The minimum absolute atomic E-state index is 0.103. The van der Waals surface area contributed by atoms with E-state index in [1.807, 2.05) is 61.7 Å². The zero-order valence-electron chi connectivity index (χ0n) is 22.4. The van der Waals surface area contributed by atoms with Gasteiger partial charge in [-0.2, -0.15) is 0 Å². The highest BCUT2D eigenvalue weighted by Gasteiger charge is 2.23. The molecule has 1 aliphatic rings. The van der Waals surface area contributed by atoms with Crippen molar-refractivity contribution < 1.29 is 4.79 Å². The van der Waals surface area contributed by atoms with Crippen LogP contribution in [0.3, 0.4) is 0 Å². The van der Waals surface area contributed by atoms with E-state index >= 15 is 0 Å². The zero-order chi connectivity index (χ0) is 26.8. The summed E-state index contributed by atoms with van der Waals surface area (Å²) < 4.78 is 1.94. The van der Waals surface area contributed by atoms with E-state index in [1.165, 1.54) is 0 Å². The minimum atomic E-state index is -0.446. The largest absolute Gasteiger partial charge is 0.355 e. The summed E-state index contributed by atoms with van der Waals surface area (Å²) in [4.78, 5) is 45.3. The van der Waals surface area contributed by atoms with Crippen LogP contribution in [0.1, 0.15) is 39.4 Å². The van der Waals surface area contributed by atoms with E-state index in [0.29, 0.717) is 22.4 Å². The first-order chi connectivity index (χ1) is 18.3. The number of pyridine rings is 2.